The zero-order valence-corrected chi connectivity index (χ0v) is 13.1. The van der Waals surface area contributed by atoms with Crippen LogP contribution in [0.25, 0.3) is 0 Å². The van der Waals surface area contributed by atoms with E-state index in [1.54, 1.807) is 25.3 Å². The van der Waals surface area contributed by atoms with E-state index in [-0.39, 0.29) is 5.91 Å². The normalized spacial score (nSPS) is 11.2. The van der Waals surface area contributed by atoms with Crippen LogP contribution in [0.5, 0.6) is 5.75 Å². The number of nitrogens with two attached hydrogens (primary N) is 1. The van der Waals surface area contributed by atoms with Gasteiger partial charge in [-0.1, -0.05) is 27.7 Å². The number of ether oxygens (including phenoxy) is 1. The van der Waals surface area contributed by atoms with E-state index < -0.39 is 0 Å². The molecule has 0 bridgehead atoms. The highest BCUT2D eigenvalue weighted by molar-refractivity contribution is 5.99. The summed E-state index contributed by atoms with van der Waals surface area (Å²) in [7, 11) is 1.57. The van der Waals surface area contributed by atoms with E-state index >= 15 is 0 Å². The fourth-order valence-electron chi connectivity index (χ4n) is 2.42. The summed E-state index contributed by atoms with van der Waals surface area (Å²) in [5.41, 5.74) is 6.82. The molecule has 1 aromatic carbocycles. The highest BCUT2D eigenvalue weighted by Crippen LogP contribution is 2.21. The molecule has 0 spiro atoms. The summed E-state index contributed by atoms with van der Waals surface area (Å²) in [5.74, 6) is 2.04. The van der Waals surface area contributed by atoms with Crippen LogP contribution < -0.4 is 15.8 Å². The fourth-order valence-corrected chi connectivity index (χ4v) is 2.42. The molecule has 0 saturated carbocycles. The molecule has 4 nitrogen and oxygen atoms in total. The van der Waals surface area contributed by atoms with Crippen LogP contribution in [0.2, 0.25) is 0 Å². The van der Waals surface area contributed by atoms with Crippen molar-refractivity contribution in [2.24, 2.45) is 17.8 Å². The molecule has 0 aromatic heterocycles. The first-order chi connectivity index (χ1) is 9.36. The second kappa shape index (κ2) is 7.17. The Balaban J connectivity index is 2.72. The van der Waals surface area contributed by atoms with Crippen LogP contribution in [0.3, 0.4) is 0 Å². The molecular formula is C16H26N2O2. The number of carbonyl (C=O) groups is 1. The maximum absolute atomic E-state index is 12.2. The van der Waals surface area contributed by atoms with E-state index in [1.165, 1.54) is 0 Å². The van der Waals surface area contributed by atoms with Crippen LogP contribution in [-0.2, 0) is 0 Å². The van der Waals surface area contributed by atoms with Crippen molar-refractivity contribution < 1.29 is 9.53 Å². The Kier molecular flexibility index (Phi) is 5.86. The molecule has 1 aromatic rings. The predicted molar refractivity (Wildman–Crippen MR) is 82.9 cm³/mol. The van der Waals surface area contributed by atoms with Crippen molar-refractivity contribution >= 4 is 11.6 Å². The summed E-state index contributed by atoms with van der Waals surface area (Å²) in [5, 5.41) is 2.98. The van der Waals surface area contributed by atoms with Crippen LogP contribution in [0.1, 0.15) is 38.1 Å². The lowest BCUT2D eigenvalue weighted by atomic mass is 9.85. The summed E-state index contributed by atoms with van der Waals surface area (Å²) in [6, 6.07) is 5.11. The number of methoxy groups -OCH3 is 1. The van der Waals surface area contributed by atoms with Gasteiger partial charge in [-0.25, -0.2) is 0 Å². The highest BCUT2D eigenvalue weighted by atomic mass is 16.5. The van der Waals surface area contributed by atoms with Crippen molar-refractivity contribution in [1.82, 2.24) is 5.32 Å². The molecule has 112 valence electrons. The average molecular weight is 278 g/mol. The first kappa shape index (κ1) is 16.3. The molecule has 3 N–H and O–H groups in total. The van der Waals surface area contributed by atoms with Crippen molar-refractivity contribution in [3.05, 3.63) is 23.8 Å². The lowest BCUT2D eigenvalue weighted by Gasteiger charge is -2.25. The lowest BCUT2D eigenvalue weighted by Crippen LogP contribution is -2.34. The van der Waals surface area contributed by atoms with Crippen molar-refractivity contribution in [1.29, 1.82) is 0 Å². The number of benzene rings is 1. The second-order valence-electron chi connectivity index (χ2n) is 5.82. The molecule has 0 aliphatic rings. The molecule has 20 heavy (non-hydrogen) atoms. The molecule has 0 saturated heterocycles. The largest absolute Gasteiger partial charge is 0.497 e. The standard InChI is InChI=1S/C16H26N2O2/c1-10(2)14(11(3)4)9-18-16(19)13-7-6-12(20-5)8-15(13)17/h6-8,10-11,14H,9,17H2,1-5H3,(H,18,19). The molecule has 1 amide bonds. The van der Waals surface area contributed by atoms with Crippen LogP contribution in [0, 0.1) is 17.8 Å². The fraction of sp³-hybridized carbons (Fsp3) is 0.562. The summed E-state index contributed by atoms with van der Waals surface area (Å²) in [6.45, 7) is 9.38. The molecule has 0 aliphatic carbocycles. The summed E-state index contributed by atoms with van der Waals surface area (Å²) in [4.78, 5) is 12.2. The third-order valence-electron chi connectivity index (χ3n) is 3.71. The SMILES string of the molecule is COc1ccc(C(=O)NCC(C(C)C)C(C)C)c(N)c1. The molecule has 0 heterocycles. The van der Waals surface area contributed by atoms with E-state index in [1.807, 2.05) is 0 Å². The van der Waals surface area contributed by atoms with Gasteiger partial charge >= 0.3 is 0 Å². The average Bonchev–Trinajstić information content (AvgIpc) is 2.37. The molecule has 0 atom stereocenters. The Morgan fingerprint density at radius 2 is 1.85 bits per heavy atom. The van der Waals surface area contributed by atoms with Gasteiger partial charge in [-0.3, -0.25) is 4.79 Å². The maximum Gasteiger partial charge on any atom is 0.253 e. The number of nitrogens with one attached hydrogen (secondary N) is 1. The quantitative estimate of drug-likeness (QED) is 0.786. The molecule has 0 unspecified atom stereocenters. The minimum absolute atomic E-state index is 0.128. The number of hydrogen-bond donors (Lipinski definition) is 2. The van der Waals surface area contributed by atoms with Gasteiger partial charge in [-0.2, -0.15) is 0 Å². The van der Waals surface area contributed by atoms with Crippen LogP contribution >= 0.6 is 0 Å². The number of carbonyl (C=O) groups excluding carboxylic acids is 1. The van der Waals surface area contributed by atoms with Gasteiger partial charge in [0.1, 0.15) is 5.75 Å². The number of amides is 1. The van der Waals surface area contributed by atoms with E-state index in [4.69, 9.17) is 10.5 Å². The van der Waals surface area contributed by atoms with Crippen molar-refractivity contribution in [2.75, 3.05) is 19.4 Å². The zero-order chi connectivity index (χ0) is 15.3. The zero-order valence-electron chi connectivity index (χ0n) is 13.1. The Labute approximate surface area is 121 Å². The first-order valence-electron chi connectivity index (χ1n) is 7.08. The smallest absolute Gasteiger partial charge is 0.253 e. The van der Waals surface area contributed by atoms with Crippen molar-refractivity contribution in [3.8, 4) is 5.75 Å². The number of anilines is 1. The predicted octanol–water partition coefficient (Wildman–Crippen LogP) is 2.94. The summed E-state index contributed by atoms with van der Waals surface area (Å²) in [6.07, 6.45) is 0. The minimum atomic E-state index is -0.128. The number of hydrogen-bond acceptors (Lipinski definition) is 3. The molecule has 0 aliphatic heterocycles. The van der Waals surface area contributed by atoms with Crippen LogP contribution in [-0.4, -0.2) is 19.6 Å². The third kappa shape index (κ3) is 4.15. The van der Waals surface area contributed by atoms with E-state index in [0.29, 0.717) is 41.3 Å². The molecule has 0 radical (unpaired) electrons. The maximum atomic E-state index is 12.2. The molecule has 0 fully saturated rings. The molecule has 1 rings (SSSR count). The first-order valence-corrected chi connectivity index (χ1v) is 7.08. The molecular weight excluding hydrogens is 252 g/mol. The number of nitrogen functional groups attached to an aromatic ring is 1. The van der Waals surface area contributed by atoms with Crippen LogP contribution in [0.15, 0.2) is 18.2 Å². The van der Waals surface area contributed by atoms with Crippen LogP contribution in [0.4, 0.5) is 5.69 Å². The number of rotatable bonds is 6. The topological polar surface area (TPSA) is 64.3 Å². The highest BCUT2D eigenvalue weighted by Gasteiger charge is 2.19. The van der Waals surface area contributed by atoms with Gasteiger partial charge in [0.15, 0.2) is 0 Å². The van der Waals surface area contributed by atoms with Gasteiger partial charge in [0, 0.05) is 18.3 Å². The van der Waals surface area contributed by atoms with Crippen molar-refractivity contribution in [2.45, 2.75) is 27.7 Å². The van der Waals surface area contributed by atoms with Gasteiger partial charge in [0.2, 0.25) is 0 Å². The second-order valence-corrected chi connectivity index (χ2v) is 5.82. The van der Waals surface area contributed by atoms with E-state index in [2.05, 4.69) is 33.0 Å². The third-order valence-corrected chi connectivity index (χ3v) is 3.71. The summed E-state index contributed by atoms with van der Waals surface area (Å²) < 4.78 is 5.08. The lowest BCUT2D eigenvalue weighted by molar-refractivity contribution is 0.0938. The van der Waals surface area contributed by atoms with Gasteiger partial charge in [0.05, 0.1) is 12.7 Å². The van der Waals surface area contributed by atoms with E-state index in [9.17, 15) is 4.79 Å². The van der Waals surface area contributed by atoms with Gasteiger partial charge in [-0.05, 0) is 29.9 Å². The van der Waals surface area contributed by atoms with Gasteiger partial charge in [-0.15, -0.1) is 0 Å². The Bertz CT molecular complexity index is 448. The van der Waals surface area contributed by atoms with E-state index in [0.717, 1.165) is 0 Å². The Morgan fingerprint density at radius 3 is 2.30 bits per heavy atom. The summed E-state index contributed by atoms with van der Waals surface area (Å²) >= 11 is 0. The van der Waals surface area contributed by atoms with Crippen molar-refractivity contribution in [3.63, 3.8) is 0 Å². The Morgan fingerprint density at radius 1 is 1.25 bits per heavy atom. The minimum Gasteiger partial charge on any atom is -0.497 e. The monoisotopic (exact) mass is 278 g/mol. The van der Waals surface area contributed by atoms with Gasteiger partial charge in [0.25, 0.3) is 5.91 Å². The van der Waals surface area contributed by atoms with Gasteiger partial charge < -0.3 is 15.8 Å². The molecule has 4 heteroatoms. The Hall–Kier alpha value is -1.71.